The van der Waals surface area contributed by atoms with Crippen molar-refractivity contribution in [2.75, 3.05) is 17.8 Å². The van der Waals surface area contributed by atoms with Gasteiger partial charge in [0.25, 0.3) is 5.69 Å². The fraction of sp³-hybridized carbons (Fsp3) is 0.0667. The van der Waals surface area contributed by atoms with Gasteiger partial charge in [0.2, 0.25) is 5.13 Å². The molecule has 3 rings (SSSR count). The number of fused-ring (bicyclic) bond motifs is 1. The Morgan fingerprint density at radius 3 is 2.87 bits per heavy atom. The molecular formula is C15H13N5O2S. The molecule has 7 nitrogen and oxygen atoms in total. The number of hydrazone groups is 1. The second kappa shape index (κ2) is 6.41. The number of nitrogens with zero attached hydrogens (tertiary/aromatic N) is 3. The van der Waals surface area contributed by atoms with E-state index in [2.05, 4.69) is 20.8 Å². The predicted octanol–water partition coefficient (Wildman–Crippen LogP) is 3.69. The van der Waals surface area contributed by atoms with Crippen molar-refractivity contribution in [3.8, 4) is 0 Å². The number of nitro benzene ring substituents is 1. The largest absolute Gasteiger partial charge is 0.383 e. The zero-order valence-corrected chi connectivity index (χ0v) is 13.0. The molecule has 0 atom stereocenters. The average molecular weight is 327 g/mol. The first kappa shape index (κ1) is 14.9. The van der Waals surface area contributed by atoms with Crippen molar-refractivity contribution in [1.82, 2.24) is 4.98 Å². The first-order valence-electron chi connectivity index (χ1n) is 6.78. The lowest BCUT2D eigenvalue weighted by Gasteiger charge is -2.02. The molecule has 2 aromatic carbocycles. The smallest absolute Gasteiger partial charge is 0.292 e. The van der Waals surface area contributed by atoms with Crippen LogP contribution >= 0.6 is 11.3 Å². The van der Waals surface area contributed by atoms with Gasteiger partial charge in [-0.25, -0.2) is 4.98 Å². The van der Waals surface area contributed by atoms with Gasteiger partial charge >= 0.3 is 0 Å². The molecule has 0 radical (unpaired) electrons. The summed E-state index contributed by atoms with van der Waals surface area (Å²) >= 11 is 1.49. The van der Waals surface area contributed by atoms with E-state index < -0.39 is 4.92 Å². The molecule has 0 aliphatic rings. The summed E-state index contributed by atoms with van der Waals surface area (Å²) in [6, 6.07) is 12.7. The Bertz CT molecular complexity index is 857. The van der Waals surface area contributed by atoms with E-state index in [-0.39, 0.29) is 5.69 Å². The number of nitrogens with one attached hydrogen (secondary N) is 2. The molecule has 0 aliphatic heterocycles. The quantitative estimate of drug-likeness (QED) is 0.423. The molecular weight excluding hydrogens is 314 g/mol. The molecule has 0 fully saturated rings. The molecule has 1 aromatic heterocycles. The second-order valence-corrected chi connectivity index (χ2v) is 5.67. The normalized spacial score (nSPS) is 11.0. The minimum Gasteiger partial charge on any atom is -0.383 e. The van der Waals surface area contributed by atoms with E-state index in [0.29, 0.717) is 16.4 Å². The van der Waals surface area contributed by atoms with Crippen molar-refractivity contribution < 1.29 is 4.92 Å². The minimum atomic E-state index is -0.426. The van der Waals surface area contributed by atoms with Gasteiger partial charge in [-0.05, 0) is 18.2 Å². The average Bonchev–Trinajstić information content (AvgIpc) is 2.97. The molecule has 0 unspecified atom stereocenters. The number of thiazole rings is 1. The molecule has 23 heavy (non-hydrogen) atoms. The molecule has 3 aromatic rings. The number of para-hydroxylation sites is 1. The summed E-state index contributed by atoms with van der Waals surface area (Å²) in [5.41, 5.74) is 4.86. The number of anilines is 2. The zero-order chi connectivity index (χ0) is 16.2. The van der Waals surface area contributed by atoms with Crippen LogP contribution in [0.5, 0.6) is 0 Å². The molecule has 8 heteroatoms. The summed E-state index contributed by atoms with van der Waals surface area (Å²) in [4.78, 5) is 15.0. The third kappa shape index (κ3) is 3.27. The standard InChI is InChI=1S/C15H13N5O2S/c1-16-11-7-6-10(8-13(11)20(21)22)9-17-19-15-18-12-4-2-3-5-14(12)23-15/h2-9,16H,1H3,(H,18,19). The van der Waals surface area contributed by atoms with E-state index >= 15 is 0 Å². The topological polar surface area (TPSA) is 92.5 Å². The van der Waals surface area contributed by atoms with Crippen LogP contribution in [-0.2, 0) is 0 Å². The highest BCUT2D eigenvalue weighted by Gasteiger charge is 2.12. The van der Waals surface area contributed by atoms with Crippen LogP contribution in [0.3, 0.4) is 0 Å². The van der Waals surface area contributed by atoms with E-state index in [9.17, 15) is 10.1 Å². The van der Waals surface area contributed by atoms with E-state index in [1.807, 2.05) is 24.3 Å². The van der Waals surface area contributed by atoms with Gasteiger partial charge in [0.05, 0.1) is 21.4 Å². The molecule has 0 aliphatic carbocycles. The van der Waals surface area contributed by atoms with Crippen LogP contribution in [0.15, 0.2) is 47.6 Å². The maximum Gasteiger partial charge on any atom is 0.292 e. The summed E-state index contributed by atoms with van der Waals surface area (Å²) in [5.74, 6) is 0. The minimum absolute atomic E-state index is 0.0106. The maximum absolute atomic E-state index is 11.0. The van der Waals surface area contributed by atoms with Crippen LogP contribution < -0.4 is 10.7 Å². The Morgan fingerprint density at radius 1 is 1.30 bits per heavy atom. The lowest BCUT2D eigenvalue weighted by Crippen LogP contribution is -1.98. The highest BCUT2D eigenvalue weighted by molar-refractivity contribution is 7.22. The van der Waals surface area contributed by atoms with Crippen molar-refractivity contribution >= 4 is 44.3 Å². The Morgan fingerprint density at radius 2 is 2.13 bits per heavy atom. The van der Waals surface area contributed by atoms with Crippen molar-refractivity contribution in [3.63, 3.8) is 0 Å². The third-order valence-corrected chi connectivity index (χ3v) is 4.10. The predicted molar refractivity (Wildman–Crippen MR) is 93.5 cm³/mol. The molecule has 0 saturated heterocycles. The Hall–Kier alpha value is -3.00. The lowest BCUT2D eigenvalue weighted by molar-refractivity contribution is -0.383. The van der Waals surface area contributed by atoms with Gasteiger partial charge in [0, 0.05) is 18.7 Å². The SMILES string of the molecule is CNc1ccc(C=NNc2nc3ccccc3s2)cc1[N+](=O)[O-]. The molecule has 116 valence electrons. The number of aromatic nitrogens is 1. The third-order valence-electron chi connectivity index (χ3n) is 3.16. The Kier molecular flexibility index (Phi) is 4.15. The summed E-state index contributed by atoms with van der Waals surface area (Å²) in [6.45, 7) is 0. The molecule has 0 amide bonds. The van der Waals surface area contributed by atoms with Gasteiger partial charge in [0.1, 0.15) is 5.69 Å². The van der Waals surface area contributed by atoms with Crippen LogP contribution in [0.4, 0.5) is 16.5 Å². The molecule has 0 spiro atoms. The van der Waals surface area contributed by atoms with E-state index in [4.69, 9.17) is 0 Å². The van der Waals surface area contributed by atoms with Crippen LogP contribution in [0.1, 0.15) is 5.56 Å². The van der Waals surface area contributed by atoms with Crippen molar-refractivity contribution in [1.29, 1.82) is 0 Å². The first-order chi connectivity index (χ1) is 11.2. The highest BCUT2D eigenvalue weighted by atomic mass is 32.1. The monoisotopic (exact) mass is 327 g/mol. The summed E-state index contributed by atoms with van der Waals surface area (Å²) < 4.78 is 1.07. The lowest BCUT2D eigenvalue weighted by atomic mass is 10.2. The Labute approximate surface area is 135 Å². The summed E-state index contributed by atoms with van der Waals surface area (Å²) in [7, 11) is 1.64. The van der Waals surface area contributed by atoms with Crippen LogP contribution in [0.25, 0.3) is 10.2 Å². The Balaban J connectivity index is 1.77. The first-order valence-corrected chi connectivity index (χ1v) is 7.60. The fourth-order valence-corrected chi connectivity index (χ4v) is 2.89. The van der Waals surface area contributed by atoms with Crippen molar-refractivity contribution in [3.05, 3.63) is 58.1 Å². The fourth-order valence-electron chi connectivity index (χ4n) is 2.07. The maximum atomic E-state index is 11.0. The van der Waals surface area contributed by atoms with Crippen LogP contribution in [0, 0.1) is 10.1 Å². The van der Waals surface area contributed by atoms with Crippen molar-refractivity contribution in [2.45, 2.75) is 0 Å². The van der Waals surface area contributed by atoms with E-state index in [1.165, 1.54) is 23.6 Å². The van der Waals surface area contributed by atoms with E-state index in [1.54, 1.807) is 19.2 Å². The molecule has 0 saturated carbocycles. The van der Waals surface area contributed by atoms with Gasteiger partial charge in [-0.3, -0.25) is 15.5 Å². The number of hydrogen-bond acceptors (Lipinski definition) is 7. The molecule has 0 bridgehead atoms. The van der Waals surface area contributed by atoms with Gasteiger partial charge in [-0.15, -0.1) is 0 Å². The van der Waals surface area contributed by atoms with E-state index in [0.717, 1.165) is 10.2 Å². The van der Waals surface area contributed by atoms with Crippen LogP contribution in [-0.4, -0.2) is 23.2 Å². The van der Waals surface area contributed by atoms with Gasteiger partial charge < -0.3 is 5.32 Å². The number of hydrogen-bond donors (Lipinski definition) is 2. The van der Waals surface area contributed by atoms with Crippen molar-refractivity contribution in [2.24, 2.45) is 5.10 Å². The second-order valence-electron chi connectivity index (χ2n) is 4.64. The molecule has 1 heterocycles. The van der Waals surface area contributed by atoms with Gasteiger partial charge in [-0.1, -0.05) is 29.5 Å². The number of benzene rings is 2. The highest BCUT2D eigenvalue weighted by Crippen LogP contribution is 2.26. The van der Waals surface area contributed by atoms with Gasteiger partial charge in [0.15, 0.2) is 0 Å². The summed E-state index contributed by atoms with van der Waals surface area (Å²) in [6.07, 6.45) is 1.53. The zero-order valence-electron chi connectivity index (χ0n) is 12.2. The van der Waals surface area contributed by atoms with Gasteiger partial charge in [-0.2, -0.15) is 5.10 Å². The number of nitro groups is 1. The van der Waals surface area contributed by atoms with Crippen LogP contribution in [0.2, 0.25) is 0 Å². The number of rotatable bonds is 5. The molecule has 2 N–H and O–H groups in total. The summed E-state index contributed by atoms with van der Waals surface area (Å²) in [5, 5.41) is 18.6.